The number of hydrogen-bond donors (Lipinski definition) is 0. The van der Waals surface area contributed by atoms with Crippen LogP contribution in [0.4, 0.5) is 5.82 Å². The maximum atomic E-state index is 7.23. The molecule has 0 aromatic carbocycles. The van der Waals surface area contributed by atoms with Crippen LogP contribution in [0.15, 0.2) is 22.8 Å². The number of nitrogens with zero attached hydrogens (tertiary/aromatic N) is 4. The van der Waals surface area contributed by atoms with Crippen LogP contribution in [-0.2, 0) is 7.05 Å². The predicted octanol–water partition coefficient (Wildman–Crippen LogP) is 3.34. The van der Waals surface area contributed by atoms with Gasteiger partial charge in [0.15, 0.2) is 5.69 Å². The molecule has 0 aliphatic heterocycles. The molecule has 96 valence electrons. The molecule has 3 rings (SSSR count). The van der Waals surface area contributed by atoms with Crippen LogP contribution in [-0.4, -0.2) is 20.9 Å². The molecule has 0 N–H and O–H groups in total. The molecule has 0 spiro atoms. The smallest absolute Gasteiger partial charge is 0.312 e. The lowest BCUT2D eigenvalue weighted by Crippen LogP contribution is -1.99. The standard InChI is InChI=1S/C13H11BrN4O/c1-15-13-11(19-8-3-4-8)6-5-10(17-13)12-9(14)7-16-18(12)2/h5-8H,3-4H2,2H3. The van der Waals surface area contributed by atoms with E-state index in [1.165, 1.54) is 0 Å². The van der Waals surface area contributed by atoms with Crippen LogP contribution >= 0.6 is 15.9 Å². The summed E-state index contributed by atoms with van der Waals surface area (Å²) >= 11 is 3.44. The van der Waals surface area contributed by atoms with E-state index in [4.69, 9.17) is 11.3 Å². The van der Waals surface area contributed by atoms with E-state index in [1.54, 1.807) is 10.9 Å². The molecule has 2 heterocycles. The first kappa shape index (κ1) is 12.2. The molecule has 1 saturated carbocycles. The molecule has 0 unspecified atom stereocenters. The Morgan fingerprint density at radius 1 is 1.47 bits per heavy atom. The lowest BCUT2D eigenvalue weighted by Gasteiger charge is -2.07. The Hall–Kier alpha value is -1.87. The molecule has 2 aromatic heterocycles. The summed E-state index contributed by atoms with van der Waals surface area (Å²) in [5, 5.41) is 4.15. The van der Waals surface area contributed by atoms with E-state index < -0.39 is 0 Å². The van der Waals surface area contributed by atoms with Crippen LogP contribution in [0.25, 0.3) is 16.2 Å². The van der Waals surface area contributed by atoms with Gasteiger partial charge < -0.3 is 9.58 Å². The lowest BCUT2D eigenvalue weighted by molar-refractivity contribution is 0.304. The van der Waals surface area contributed by atoms with Gasteiger partial charge in [-0.2, -0.15) is 5.10 Å². The van der Waals surface area contributed by atoms with Crippen LogP contribution in [0.1, 0.15) is 12.8 Å². The van der Waals surface area contributed by atoms with Gasteiger partial charge in [0.05, 0.1) is 16.8 Å². The predicted molar refractivity (Wildman–Crippen MR) is 74.1 cm³/mol. The van der Waals surface area contributed by atoms with Gasteiger partial charge in [0, 0.05) is 7.05 Å². The largest absolute Gasteiger partial charge is 0.500 e. The maximum absolute atomic E-state index is 7.23. The molecule has 1 aliphatic rings. The highest BCUT2D eigenvalue weighted by molar-refractivity contribution is 9.10. The number of ether oxygens (including phenoxy) is 1. The van der Waals surface area contributed by atoms with Gasteiger partial charge in [-0.1, -0.05) is 6.57 Å². The molecule has 0 saturated heterocycles. The zero-order valence-corrected chi connectivity index (χ0v) is 11.9. The monoisotopic (exact) mass is 318 g/mol. The fourth-order valence-electron chi connectivity index (χ4n) is 1.80. The zero-order valence-electron chi connectivity index (χ0n) is 10.3. The quantitative estimate of drug-likeness (QED) is 0.815. The van der Waals surface area contributed by atoms with E-state index in [-0.39, 0.29) is 6.10 Å². The highest BCUT2D eigenvalue weighted by Gasteiger charge is 2.25. The first-order valence-corrected chi connectivity index (χ1v) is 6.71. The van der Waals surface area contributed by atoms with E-state index in [0.717, 1.165) is 23.0 Å². The van der Waals surface area contributed by atoms with Crippen LogP contribution in [0.5, 0.6) is 5.75 Å². The highest BCUT2D eigenvalue weighted by Crippen LogP contribution is 2.35. The van der Waals surface area contributed by atoms with Crippen molar-refractivity contribution in [1.29, 1.82) is 0 Å². The van der Waals surface area contributed by atoms with Gasteiger partial charge in [0.1, 0.15) is 11.4 Å². The van der Waals surface area contributed by atoms with Crippen molar-refractivity contribution in [2.24, 2.45) is 7.05 Å². The molecule has 0 amide bonds. The van der Waals surface area contributed by atoms with E-state index in [9.17, 15) is 0 Å². The van der Waals surface area contributed by atoms with Crippen molar-refractivity contribution in [2.75, 3.05) is 0 Å². The van der Waals surface area contributed by atoms with Crippen LogP contribution in [0, 0.1) is 6.57 Å². The summed E-state index contributed by atoms with van der Waals surface area (Å²) < 4.78 is 8.25. The summed E-state index contributed by atoms with van der Waals surface area (Å²) in [7, 11) is 1.84. The highest BCUT2D eigenvalue weighted by atomic mass is 79.9. The first-order valence-electron chi connectivity index (χ1n) is 5.92. The third kappa shape index (κ3) is 2.34. The number of pyridine rings is 1. The van der Waals surface area contributed by atoms with Crippen molar-refractivity contribution in [2.45, 2.75) is 18.9 Å². The van der Waals surface area contributed by atoms with Gasteiger partial charge >= 0.3 is 5.82 Å². The van der Waals surface area contributed by atoms with Crippen molar-refractivity contribution in [3.63, 3.8) is 0 Å². The van der Waals surface area contributed by atoms with Crippen molar-refractivity contribution in [1.82, 2.24) is 14.8 Å². The molecule has 0 atom stereocenters. The fourth-order valence-corrected chi connectivity index (χ4v) is 2.36. The van der Waals surface area contributed by atoms with Crippen molar-refractivity contribution in [3.05, 3.63) is 34.2 Å². The minimum Gasteiger partial charge on any atom is -0.500 e. The van der Waals surface area contributed by atoms with E-state index in [0.29, 0.717) is 17.3 Å². The Morgan fingerprint density at radius 3 is 2.84 bits per heavy atom. The molecule has 0 bridgehead atoms. The number of aryl methyl sites for hydroxylation is 1. The summed E-state index contributed by atoms with van der Waals surface area (Å²) in [5.41, 5.74) is 1.56. The Labute approximate surface area is 119 Å². The van der Waals surface area contributed by atoms with E-state index in [1.807, 2.05) is 19.2 Å². The molecular weight excluding hydrogens is 308 g/mol. The molecule has 2 aromatic rings. The maximum Gasteiger partial charge on any atom is 0.312 e. The minimum atomic E-state index is 0.261. The molecule has 0 radical (unpaired) electrons. The summed E-state index contributed by atoms with van der Waals surface area (Å²) in [5.74, 6) is 0.872. The summed E-state index contributed by atoms with van der Waals surface area (Å²) in [4.78, 5) is 7.82. The van der Waals surface area contributed by atoms with Crippen LogP contribution < -0.4 is 4.74 Å². The Balaban J connectivity index is 2.02. The Kier molecular flexibility index (Phi) is 2.99. The van der Waals surface area contributed by atoms with Crippen LogP contribution in [0.2, 0.25) is 0 Å². The fraction of sp³-hybridized carbons (Fsp3) is 0.308. The molecular formula is C13H11BrN4O. The topological polar surface area (TPSA) is 44.3 Å². The van der Waals surface area contributed by atoms with E-state index >= 15 is 0 Å². The molecule has 5 nitrogen and oxygen atoms in total. The van der Waals surface area contributed by atoms with Gasteiger partial charge in [-0.15, -0.1) is 4.98 Å². The average Bonchev–Trinajstić information content (AvgIpc) is 3.16. The lowest BCUT2D eigenvalue weighted by atomic mass is 10.2. The third-order valence-electron chi connectivity index (χ3n) is 2.90. The van der Waals surface area contributed by atoms with Crippen molar-refractivity contribution in [3.8, 4) is 17.1 Å². The molecule has 1 aliphatic carbocycles. The summed E-state index contributed by atoms with van der Waals surface area (Å²) in [6.07, 6.45) is 4.10. The second kappa shape index (κ2) is 4.67. The number of hydrogen-bond acceptors (Lipinski definition) is 3. The first-order chi connectivity index (χ1) is 9.19. The molecule has 6 heteroatoms. The number of aromatic nitrogens is 3. The van der Waals surface area contributed by atoms with Crippen LogP contribution in [0.3, 0.4) is 0 Å². The third-order valence-corrected chi connectivity index (χ3v) is 3.48. The van der Waals surface area contributed by atoms with Gasteiger partial charge in [-0.25, -0.2) is 0 Å². The van der Waals surface area contributed by atoms with Crippen molar-refractivity contribution >= 4 is 21.7 Å². The van der Waals surface area contributed by atoms with Crippen molar-refractivity contribution < 1.29 is 4.74 Å². The van der Waals surface area contributed by atoms with Gasteiger partial charge in [0.2, 0.25) is 0 Å². The van der Waals surface area contributed by atoms with Gasteiger partial charge in [-0.05, 0) is 40.9 Å². The van der Waals surface area contributed by atoms with Gasteiger partial charge in [0.25, 0.3) is 0 Å². The molecule has 1 fully saturated rings. The molecule has 19 heavy (non-hydrogen) atoms. The summed E-state index contributed by atoms with van der Waals surface area (Å²) in [6, 6.07) is 3.67. The normalized spacial score (nSPS) is 14.2. The Bertz CT molecular complexity index is 650. The van der Waals surface area contributed by atoms with E-state index in [2.05, 4.69) is 30.9 Å². The zero-order chi connectivity index (χ0) is 13.4. The second-order valence-electron chi connectivity index (χ2n) is 4.41. The number of rotatable bonds is 3. The summed E-state index contributed by atoms with van der Waals surface area (Å²) in [6.45, 7) is 7.23. The Morgan fingerprint density at radius 2 is 2.26 bits per heavy atom. The SMILES string of the molecule is [C-]#[N+]c1nc(-c2c(Br)cnn2C)ccc1OC1CC1. The second-order valence-corrected chi connectivity index (χ2v) is 5.27. The number of halogens is 1. The van der Waals surface area contributed by atoms with Gasteiger partial charge in [-0.3, -0.25) is 4.68 Å². The minimum absolute atomic E-state index is 0.261. The average molecular weight is 319 g/mol.